The highest BCUT2D eigenvalue weighted by atomic mass is 35.5. The summed E-state index contributed by atoms with van der Waals surface area (Å²) in [4.78, 5) is 11.4. The van der Waals surface area contributed by atoms with Gasteiger partial charge in [-0.15, -0.1) is 0 Å². The van der Waals surface area contributed by atoms with E-state index in [2.05, 4.69) is 13.8 Å². The molecular formula is C13H17ClO3S. The molecule has 5 heteroatoms. The maximum absolute atomic E-state index is 12.0. The topological polar surface area (TPSA) is 54.4 Å². The van der Waals surface area contributed by atoms with E-state index < -0.39 is 16.8 Å². The standard InChI is InChI=1S/C13H17ClO3S/c1-9(2)4-3-7-18(17)10-5-6-12(14)11(8-10)13(15)16/h5-6,8-9H,3-4,7H2,1-2H3,(H,15,16). The first-order valence-electron chi connectivity index (χ1n) is 5.83. The Labute approximate surface area is 115 Å². The Morgan fingerprint density at radius 1 is 1.44 bits per heavy atom. The lowest BCUT2D eigenvalue weighted by Gasteiger charge is -2.06. The van der Waals surface area contributed by atoms with Gasteiger partial charge < -0.3 is 5.11 Å². The quantitative estimate of drug-likeness (QED) is 0.870. The fourth-order valence-corrected chi connectivity index (χ4v) is 2.88. The molecule has 0 aliphatic heterocycles. The van der Waals surface area contributed by atoms with Gasteiger partial charge in [-0.05, 0) is 30.5 Å². The lowest BCUT2D eigenvalue weighted by Crippen LogP contribution is -2.03. The van der Waals surface area contributed by atoms with Crippen molar-refractivity contribution in [2.75, 3.05) is 5.75 Å². The molecule has 0 bridgehead atoms. The number of rotatable bonds is 6. The predicted molar refractivity (Wildman–Crippen MR) is 73.8 cm³/mol. The van der Waals surface area contributed by atoms with Crippen molar-refractivity contribution in [1.82, 2.24) is 0 Å². The highest BCUT2D eigenvalue weighted by molar-refractivity contribution is 7.85. The number of halogens is 1. The van der Waals surface area contributed by atoms with Gasteiger partial charge in [-0.25, -0.2) is 4.79 Å². The minimum Gasteiger partial charge on any atom is -0.478 e. The Bertz CT molecular complexity index is 458. The van der Waals surface area contributed by atoms with Crippen LogP contribution in [0.15, 0.2) is 23.1 Å². The van der Waals surface area contributed by atoms with Gasteiger partial charge >= 0.3 is 5.97 Å². The number of hydrogen-bond donors (Lipinski definition) is 1. The first-order valence-corrected chi connectivity index (χ1v) is 7.52. The van der Waals surface area contributed by atoms with Crippen LogP contribution in [0.5, 0.6) is 0 Å². The molecular weight excluding hydrogens is 272 g/mol. The second-order valence-corrected chi connectivity index (χ2v) is 6.51. The highest BCUT2D eigenvalue weighted by Crippen LogP contribution is 2.20. The SMILES string of the molecule is CC(C)CCCS(=O)c1ccc(Cl)c(C(=O)O)c1. The van der Waals surface area contributed by atoms with E-state index in [9.17, 15) is 9.00 Å². The molecule has 0 spiro atoms. The third-order valence-electron chi connectivity index (χ3n) is 2.54. The van der Waals surface area contributed by atoms with Crippen LogP contribution in [0.25, 0.3) is 0 Å². The van der Waals surface area contributed by atoms with Crippen molar-refractivity contribution in [2.45, 2.75) is 31.6 Å². The monoisotopic (exact) mass is 288 g/mol. The normalized spacial score (nSPS) is 12.7. The molecule has 0 saturated heterocycles. The third-order valence-corrected chi connectivity index (χ3v) is 4.31. The van der Waals surface area contributed by atoms with Gasteiger partial charge in [-0.1, -0.05) is 31.9 Å². The molecule has 0 heterocycles. The average Bonchev–Trinajstić information content (AvgIpc) is 2.28. The molecule has 0 aliphatic carbocycles. The van der Waals surface area contributed by atoms with E-state index in [4.69, 9.17) is 16.7 Å². The van der Waals surface area contributed by atoms with Gasteiger partial charge in [0.2, 0.25) is 0 Å². The molecule has 100 valence electrons. The molecule has 0 saturated carbocycles. The van der Waals surface area contributed by atoms with E-state index in [-0.39, 0.29) is 10.6 Å². The highest BCUT2D eigenvalue weighted by Gasteiger charge is 2.12. The Morgan fingerprint density at radius 2 is 2.11 bits per heavy atom. The summed E-state index contributed by atoms with van der Waals surface area (Å²) in [6, 6.07) is 4.51. The second kappa shape index (κ2) is 6.90. The maximum Gasteiger partial charge on any atom is 0.337 e. The fraction of sp³-hybridized carbons (Fsp3) is 0.462. The van der Waals surface area contributed by atoms with E-state index >= 15 is 0 Å². The molecule has 1 N–H and O–H groups in total. The summed E-state index contributed by atoms with van der Waals surface area (Å²) in [5.41, 5.74) is 0.00590. The van der Waals surface area contributed by atoms with Crippen LogP contribution in [0.2, 0.25) is 5.02 Å². The van der Waals surface area contributed by atoms with Crippen molar-refractivity contribution < 1.29 is 14.1 Å². The summed E-state index contributed by atoms with van der Waals surface area (Å²) in [5, 5.41) is 9.11. The molecule has 1 unspecified atom stereocenters. The Hall–Kier alpha value is -0.870. The van der Waals surface area contributed by atoms with Crippen molar-refractivity contribution >= 4 is 28.4 Å². The Kier molecular flexibility index (Phi) is 5.82. The van der Waals surface area contributed by atoms with Crippen LogP contribution in [-0.2, 0) is 10.8 Å². The van der Waals surface area contributed by atoms with Crippen LogP contribution < -0.4 is 0 Å². The zero-order valence-corrected chi connectivity index (χ0v) is 12.1. The molecule has 18 heavy (non-hydrogen) atoms. The van der Waals surface area contributed by atoms with Crippen molar-refractivity contribution in [3.8, 4) is 0 Å². The molecule has 0 amide bonds. The number of carboxylic acids is 1. The Balaban J connectivity index is 2.74. The minimum atomic E-state index is -1.16. The molecule has 3 nitrogen and oxygen atoms in total. The molecule has 0 aromatic heterocycles. The van der Waals surface area contributed by atoms with Crippen LogP contribution in [0.3, 0.4) is 0 Å². The van der Waals surface area contributed by atoms with Crippen LogP contribution in [-0.4, -0.2) is 21.0 Å². The fourth-order valence-electron chi connectivity index (χ4n) is 1.55. The zero-order chi connectivity index (χ0) is 13.7. The van der Waals surface area contributed by atoms with E-state index in [1.165, 1.54) is 12.1 Å². The number of carboxylic acid groups (broad SMARTS) is 1. The van der Waals surface area contributed by atoms with Crippen LogP contribution in [0.1, 0.15) is 37.0 Å². The lowest BCUT2D eigenvalue weighted by molar-refractivity contribution is 0.0697. The number of benzene rings is 1. The first-order chi connectivity index (χ1) is 8.41. The summed E-state index contributed by atoms with van der Waals surface area (Å²) in [6.07, 6.45) is 1.89. The van der Waals surface area contributed by atoms with Gasteiger partial charge in [-0.3, -0.25) is 4.21 Å². The molecule has 0 radical (unpaired) electrons. The lowest BCUT2D eigenvalue weighted by atomic mass is 10.1. The van der Waals surface area contributed by atoms with Gasteiger partial charge in [0.05, 0.1) is 21.4 Å². The zero-order valence-electron chi connectivity index (χ0n) is 10.5. The van der Waals surface area contributed by atoms with Crippen molar-refractivity contribution in [1.29, 1.82) is 0 Å². The molecule has 1 aromatic carbocycles. The van der Waals surface area contributed by atoms with Crippen molar-refractivity contribution in [3.63, 3.8) is 0 Å². The van der Waals surface area contributed by atoms with Crippen LogP contribution in [0.4, 0.5) is 0 Å². The van der Waals surface area contributed by atoms with E-state index in [1.54, 1.807) is 6.07 Å². The summed E-state index contributed by atoms with van der Waals surface area (Å²) >= 11 is 5.76. The van der Waals surface area contributed by atoms with Gasteiger partial charge in [0.1, 0.15) is 0 Å². The number of carbonyl (C=O) groups is 1. The largest absolute Gasteiger partial charge is 0.478 e. The first kappa shape index (κ1) is 15.2. The number of aromatic carboxylic acids is 1. The Morgan fingerprint density at radius 3 is 2.67 bits per heavy atom. The maximum atomic E-state index is 12.0. The van der Waals surface area contributed by atoms with Gasteiger partial charge in [0, 0.05) is 10.6 Å². The molecule has 0 fully saturated rings. The summed E-state index contributed by atoms with van der Waals surface area (Å²) in [7, 11) is -1.16. The molecule has 1 rings (SSSR count). The van der Waals surface area contributed by atoms with Crippen LogP contribution >= 0.6 is 11.6 Å². The summed E-state index contributed by atoms with van der Waals surface area (Å²) in [6.45, 7) is 4.24. The van der Waals surface area contributed by atoms with E-state index in [0.29, 0.717) is 16.6 Å². The van der Waals surface area contributed by atoms with E-state index in [1.807, 2.05) is 0 Å². The number of hydrogen-bond acceptors (Lipinski definition) is 2. The van der Waals surface area contributed by atoms with Gasteiger partial charge in [-0.2, -0.15) is 0 Å². The summed E-state index contributed by atoms with van der Waals surface area (Å²) in [5.74, 6) is 0.0432. The smallest absolute Gasteiger partial charge is 0.337 e. The average molecular weight is 289 g/mol. The van der Waals surface area contributed by atoms with Crippen molar-refractivity contribution in [2.24, 2.45) is 5.92 Å². The molecule has 1 atom stereocenters. The van der Waals surface area contributed by atoms with Crippen LogP contribution in [0, 0.1) is 5.92 Å². The molecule has 0 aliphatic rings. The van der Waals surface area contributed by atoms with Gasteiger partial charge in [0.25, 0.3) is 0 Å². The predicted octanol–water partition coefficient (Wildman–Crippen LogP) is 3.58. The van der Waals surface area contributed by atoms with Gasteiger partial charge in [0.15, 0.2) is 0 Å². The minimum absolute atomic E-state index is 0.00590. The third kappa shape index (κ3) is 4.42. The van der Waals surface area contributed by atoms with E-state index in [0.717, 1.165) is 12.8 Å². The van der Waals surface area contributed by atoms with Crippen molar-refractivity contribution in [3.05, 3.63) is 28.8 Å². The molecule has 1 aromatic rings. The summed E-state index contributed by atoms with van der Waals surface area (Å²) < 4.78 is 12.0. The second-order valence-electron chi connectivity index (χ2n) is 4.53.